The molecule has 168 valence electrons. The molecule has 0 aliphatic carbocycles. The van der Waals surface area contributed by atoms with Gasteiger partial charge in [-0.25, -0.2) is 13.2 Å². The van der Waals surface area contributed by atoms with Gasteiger partial charge in [-0.1, -0.05) is 6.07 Å². The number of thioether (sulfide) groups is 1. The fourth-order valence-electron chi connectivity index (χ4n) is 2.70. The third kappa shape index (κ3) is 5.33. The topological polar surface area (TPSA) is 75.7 Å². The van der Waals surface area contributed by atoms with Crippen LogP contribution in [0.1, 0.15) is 19.4 Å². The molecule has 6 nitrogen and oxygen atoms in total. The quantitative estimate of drug-likeness (QED) is 0.405. The molecule has 0 bridgehead atoms. The second kappa shape index (κ2) is 9.78. The maximum absolute atomic E-state index is 13.7. The van der Waals surface area contributed by atoms with Crippen LogP contribution in [0.25, 0.3) is 6.08 Å². The Hall–Kier alpha value is -2.79. The number of carbonyl (C=O) groups is 3. The number of ether oxygens (including phenoxy) is 1. The number of benzene rings is 2. The summed E-state index contributed by atoms with van der Waals surface area (Å²) in [4.78, 5) is 37.7. The lowest BCUT2D eigenvalue weighted by atomic mass is 10.2. The number of amides is 3. The first-order valence-corrected chi connectivity index (χ1v) is 10.8. The van der Waals surface area contributed by atoms with Crippen LogP contribution in [-0.4, -0.2) is 34.6 Å². The minimum atomic E-state index is -1.74. The zero-order chi connectivity index (χ0) is 23.6. The number of nitrogens with zero attached hydrogens (tertiary/aromatic N) is 1. The SMILES string of the molecule is CC(C)Oc1ccc(/C=C2\SC(=O)N(CC(=O)Nc3ccc(F)c(F)c3F)C2=O)cc1Br. The first-order valence-electron chi connectivity index (χ1n) is 9.21. The Balaban J connectivity index is 1.71. The van der Waals surface area contributed by atoms with E-state index < -0.39 is 46.7 Å². The van der Waals surface area contributed by atoms with E-state index in [1.165, 1.54) is 6.08 Å². The van der Waals surface area contributed by atoms with Crippen LogP contribution >= 0.6 is 27.7 Å². The molecule has 1 aliphatic rings. The van der Waals surface area contributed by atoms with E-state index in [0.717, 1.165) is 6.07 Å². The number of halogens is 4. The Labute approximate surface area is 193 Å². The predicted octanol–water partition coefficient (Wildman–Crippen LogP) is 5.33. The first-order chi connectivity index (χ1) is 15.1. The van der Waals surface area contributed by atoms with E-state index in [1.54, 1.807) is 18.2 Å². The number of anilines is 1. The molecule has 1 heterocycles. The van der Waals surface area contributed by atoms with E-state index in [9.17, 15) is 27.6 Å². The summed E-state index contributed by atoms with van der Waals surface area (Å²) in [5.74, 6) is -5.77. The molecule has 0 saturated carbocycles. The summed E-state index contributed by atoms with van der Waals surface area (Å²) in [6, 6.07) is 6.61. The van der Waals surface area contributed by atoms with Crippen molar-refractivity contribution in [3.8, 4) is 5.75 Å². The molecule has 1 fully saturated rings. The van der Waals surface area contributed by atoms with Crippen molar-refractivity contribution in [2.45, 2.75) is 20.0 Å². The lowest BCUT2D eigenvalue weighted by Crippen LogP contribution is -2.36. The zero-order valence-electron chi connectivity index (χ0n) is 16.7. The predicted molar refractivity (Wildman–Crippen MR) is 118 cm³/mol. The fraction of sp³-hybridized carbons (Fsp3) is 0.190. The first kappa shape index (κ1) is 23.9. The number of nitrogens with one attached hydrogen (secondary N) is 1. The lowest BCUT2D eigenvalue weighted by molar-refractivity contribution is -0.127. The number of rotatable bonds is 6. The van der Waals surface area contributed by atoms with Gasteiger partial charge in [0.05, 0.1) is 21.2 Å². The van der Waals surface area contributed by atoms with E-state index >= 15 is 0 Å². The van der Waals surface area contributed by atoms with E-state index in [1.807, 2.05) is 19.2 Å². The van der Waals surface area contributed by atoms with Gasteiger partial charge in [0.25, 0.3) is 11.1 Å². The maximum atomic E-state index is 13.7. The van der Waals surface area contributed by atoms with Crippen molar-refractivity contribution in [2.75, 3.05) is 11.9 Å². The zero-order valence-corrected chi connectivity index (χ0v) is 19.2. The van der Waals surface area contributed by atoms with E-state index in [4.69, 9.17) is 4.74 Å². The van der Waals surface area contributed by atoms with Gasteiger partial charge in [0.2, 0.25) is 5.91 Å². The summed E-state index contributed by atoms with van der Waals surface area (Å²) in [5, 5.41) is 1.33. The Morgan fingerprint density at radius 3 is 2.56 bits per heavy atom. The summed E-state index contributed by atoms with van der Waals surface area (Å²) in [6.45, 7) is 3.05. The van der Waals surface area contributed by atoms with Crippen molar-refractivity contribution in [3.63, 3.8) is 0 Å². The average Bonchev–Trinajstić information content (AvgIpc) is 2.97. The van der Waals surface area contributed by atoms with E-state index in [2.05, 4.69) is 15.9 Å². The highest BCUT2D eigenvalue weighted by Crippen LogP contribution is 2.34. The van der Waals surface area contributed by atoms with Gasteiger partial charge >= 0.3 is 0 Å². The van der Waals surface area contributed by atoms with Crippen molar-refractivity contribution >= 4 is 56.5 Å². The molecule has 2 aromatic carbocycles. The smallest absolute Gasteiger partial charge is 0.294 e. The van der Waals surface area contributed by atoms with Gasteiger partial charge in [-0.05, 0) is 77.4 Å². The van der Waals surface area contributed by atoms with Crippen LogP contribution in [0.2, 0.25) is 0 Å². The van der Waals surface area contributed by atoms with Crippen molar-refractivity contribution in [1.29, 1.82) is 0 Å². The normalized spacial score (nSPS) is 15.1. The highest BCUT2D eigenvalue weighted by molar-refractivity contribution is 9.10. The van der Waals surface area contributed by atoms with Crippen molar-refractivity contribution in [1.82, 2.24) is 4.90 Å². The molecule has 0 radical (unpaired) electrons. The lowest BCUT2D eigenvalue weighted by Gasteiger charge is -2.13. The van der Waals surface area contributed by atoms with Crippen LogP contribution in [0.5, 0.6) is 5.75 Å². The van der Waals surface area contributed by atoms with Crippen LogP contribution in [0, 0.1) is 17.5 Å². The number of hydrogen-bond acceptors (Lipinski definition) is 5. The monoisotopic (exact) mass is 528 g/mol. The third-order valence-corrected chi connectivity index (χ3v) is 5.63. The molecule has 2 aromatic rings. The molecule has 32 heavy (non-hydrogen) atoms. The van der Waals surface area contributed by atoms with Gasteiger partial charge in [-0.3, -0.25) is 19.3 Å². The maximum Gasteiger partial charge on any atom is 0.294 e. The Kier molecular flexibility index (Phi) is 7.29. The number of imide groups is 1. The van der Waals surface area contributed by atoms with Crippen molar-refractivity contribution in [3.05, 3.63) is 62.7 Å². The molecule has 3 amide bonds. The standard InChI is InChI=1S/C21H16BrF3N2O4S/c1-10(2)31-15-6-3-11(7-12(15)22)8-16-20(29)27(21(30)32-16)9-17(28)26-14-5-4-13(23)18(24)19(14)25/h3-8,10H,9H2,1-2H3,(H,26,28)/b16-8-. The van der Waals surface area contributed by atoms with Gasteiger partial charge in [-0.2, -0.15) is 0 Å². The molecule has 11 heteroatoms. The van der Waals surface area contributed by atoms with Crippen LogP contribution in [0.4, 0.5) is 23.7 Å². The molecule has 0 atom stereocenters. The molecule has 1 aliphatic heterocycles. The minimum Gasteiger partial charge on any atom is -0.490 e. The van der Waals surface area contributed by atoms with E-state index in [-0.39, 0.29) is 11.0 Å². The van der Waals surface area contributed by atoms with Crippen LogP contribution in [0.3, 0.4) is 0 Å². The van der Waals surface area contributed by atoms with Gasteiger partial charge in [0.1, 0.15) is 12.3 Å². The molecule has 1 N–H and O–H groups in total. The second-order valence-corrected chi connectivity index (χ2v) is 8.74. The summed E-state index contributed by atoms with van der Waals surface area (Å²) in [7, 11) is 0. The fourth-order valence-corrected chi connectivity index (χ4v) is 4.03. The molecular formula is C21H16BrF3N2O4S. The molecule has 0 aromatic heterocycles. The van der Waals surface area contributed by atoms with Crippen molar-refractivity contribution < 1.29 is 32.3 Å². The molecule has 1 saturated heterocycles. The van der Waals surface area contributed by atoms with Gasteiger partial charge in [0.15, 0.2) is 17.5 Å². The Morgan fingerprint density at radius 1 is 1.19 bits per heavy atom. The molecule has 3 rings (SSSR count). The second-order valence-electron chi connectivity index (χ2n) is 6.90. The largest absolute Gasteiger partial charge is 0.490 e. The van der Waals surface area contributed by atoms with Gasteiger partial charge < -0.3 is 10.1 Å². The summed E-state index contributed by atoms with van der Waals surface area (Å²) in [5.41, 5.74) is 0.0109. The Bertz CT molecular complexity index is 1140. The van der Waals surface area contributed by atoms with Crippen molar-refractivity contribution in [2.24, 2.45) is 0 Å². The van der Waals surface area contributed by atoms with E-state index in [0.29, 0.717) is 38.5 Å². The highest BCUT2D eigenvalue weighted by Gasteiger charge is 2.36. The minimum absolute atomic E-state index is 0.0281. The summed E-state index contributed by atoms with van der Waals surface area (Å²) in [6.07, 6.45) is 1.46. The molecule has 0 spiro atoms. The van der Waals surface area contributed by atoms with Crippen LogP contribution < -0.4 is 10.1 Å². The summed E-state index contributed by atoms with van der Waals surface area (Å²) < 4.78 is 46.3. The third-order valence-electron chi connectivity index (χ3n) is 4.10. The van der Waals surface area contributed by atoms with Crippen LogP contribution in [-0.2, 0) is 9.59 Å². The molecular weight excluding hydrogens is 513 g/mol. The molecule has 0 unspecified atom stereocenters. The Morgan fingerprint density at radius 2 is 1.91 bits per heavy atom. The summed E-state index contributed by atoms with van der Waals surface area (Å²) >= 11 is 4.03. The average molecular weight is 529 g/mol. The highest BCUT2D eigenvalue weighted by atomic mass is 79.9. The number of carbonyl (C=O) groups excluding carboxylic acids is 3. The van der Waals surface area contributed by atoms with Crippen LogP contribution in [0.15, 0.2) is 39.7 Å². The van der Waals surface area contributed by atoms with Gasteiger partial charge in [-0.15, -0.1) is 0 Å². The number of hydrogen-bond donors (Lipinski definition) is 1. The van der Waals surface area contributed by atoms with Gasteiger partial charge in [0, 0.05) is 0 Å².